The van der Waals surface area contributed by atoms with Crippen molar-refractivity contribution in [3.63, 3.8) is 0 Å². The summed E-state index contributed by atoms with van der Waals surface area (Å²) in [5, 5.41) is 6.12. The molecule has 0 aromatic heterocycles. The molecule has 0 aliphatic carbocycles. The highest BCUT2D eigenvalue weighted by Crippen LogP contribution is 2.29. The minimum atomic E-state index is -0.488. The first kappa shape index (κ1) is 16.1. The fourth-order valence-electron chi connectivity index (χ4n) is 3.70. The van der Waals surface area contributed by atoms with Crippen LogP contribution in [0.15, 0.2) is 0 Å². The SMILES string of the molecule is CCCC1(C(=O)N2CCCC(CNC(N)=O)C2)CCCN1. The van der Waals surface area contributed by atoms with E-state index in [4.69, 9.17) is 5.73 Å². The Balaban J connectivity index is 1.96. The summed E-state index contributed by atoms with van der Waals surface area (Å²) in [4.78, 5) is 25.8. The number of amides is 3. The molecule has 0 bridgehead atoms. The van der Waals surface area contributed by atoms with E-state index in [9.17, 15) is 9.59 Å². The van der Waals surface area contributed by atoms with E-state index in [1.54, 1.807) is 0 Å². The normalized spacial score (nSPS) is 29.4. The largest absolute Gasteiger partial charge is 0.352 e. The van der Waals surface area contributed by atoms with Crippen LogP contribution in [0.25, 0.3) is 0 Å². The topological polar surface area (TPSA) is 87.5 Å². The van der Waals surface area contributed by atoms with Crippen LogP contribution in [-0.2, 0) is 4.79 Å². The van der Waals surface area contributed by atoms with Gasteiger partial charge in [-0.15, -0.1) is 0 Å². The molecular weight excluding hydrogens is 268 g/mol. The minimum absolute atomic E-state index is 0.255. The Bertz CT molecular complexity index is 380. The third kappa shape index (κ3) is 3.87. The van der Waals surface area contributed by atoms with Crippen molar-refractivity contribution < 1.29 is 9.59 Å². The summed E-state index contributed by atoms with van der Waals surface area (Å²) >= 11 is 0. The molecule has 2 atom stereocenters. The molecule has 0 spiro atoms. The number of urea groups is 1. The summed E-state index contributed by atoms with van der Waals surface area (Å²) in [6.45, 7) is 5.19. The zero-order chi connectivity index (χ0) is 15.3. The standard InChI is InChI=1S/C15H28N4O2/c1-2-6-15(7-4-8-18-15)13(20)19-9-3-5-12(11-19)10-17-14(16)21/h12,18H,2-11H2,1H3,(H3,16,17,21). The molecule has 6 nitrogen and oxygen atoms in total. The van der Waals surface area contributed by atoms with Gasteiger partial charge in [0.15, 0.2) is 0 Å². The second-order valence-corrected chi connectivity index (χ2v) is 6.37. The molecule has 6 heteroatoms. The van der Waals surface area contributed by atoms with E-state index in [1.165, 1.54) is 0 Å². The van der Waals surface area contributed by atoms with Gasteiger partial charge in [0.05, 0.1) is 5.54 Å². The predicted molar refractivity (Wildman–Crippen MR) is 81.8 cm³/mol. The Labute approximate surface area is 126 Å². The van der Waals surface area contributed by atoms with Crippen molar-refractivity contribution in [1.82, 2.24) is 15.5 Å². The highest BCUT2D eigenvalue weighted by Gasteiger charge is 2.43. The fraction of sp³-hybridized carbons (Fsp3) is 0.867. The number of nitrogens with zero attached hydrogens (tertiary/aromatic N) is 1. The summed E-state index contributed by atoms with van der Waals surface area (Å²) < 4.78 is 0. The van der Waals surface area contributed by atoms with Gasteiger partial charge in [-0.05, 0) is 44.6 Å². The van der Waals surface area contributed by atoms with Crippen LogP contribution in [0.5, 0.6) is 0 Å². The Morgan fingerprint density at radius 2 is 2.24 bits per heavy atom. The quantitative estimate of drug-likeness (QED) is 0.702. The third-order valence-electron chi connectivity index (χ3n) is 4.70. The van der Waals surface area contributed by atoms with Gasteiger partial charge in [-0.3, -0.25) is 4.79 Å². The smallest absolute Gasteiger partial charge is 0.312 e. The van der Waals surface area contributed by atoms with Gasteiger partial charge in [-0.25, -0.2) is 4.79 Å². The minimum Gasteiger partial charge on any atom is -0.352 e. The first-order valence-corrected chi connectivity index (χ1v) is 8.15. The van der Waals surface area contributed by atoms with Gasteiger partial charge in [0.1, 0.15) is 0 Å². The number of nitrogens with one attached hydrogen (secondary N) is 2. The summed E-state index contributed by atoms with van der Waals surface area (Å²) in [5.41, 5.74) is 4.78. The van der Waals surface area contributed by atoms with Crippen LogP contribution in [0.4, 0.5) is 4.79 Å². The number of carbonyl (C=O) groups is 2. The molecule has 4 N–H and O–H groups in total. The molecule has 3 amide bonds. The van der Waals surface area contributed by atoms with Gasteiger partial charge in [-0.1, -0.05) is 13.3 Å². The maximum absolute atomic E-state index is 12.9. The van der Waals surface area contributed by atoms with Crippen molar-refractivity contribution in [2.24, 2.45) is 11.7 Å². The molecular formula is C15H28N4O2. The maximum Gasteiger partial charge on any atom is 0.312 e. The van der Waals surface area contributed by atoms with Crippen molar-refractivity contribution in [2.45, 2.75) is 51.0 Å². The van der Waals surface area contributed by atoms with Gasteiger partial charge in [0.2, 0.25) is 5.91 Å². The van der Waals surface area contributed by atoms with E-state index >= 15 is 0 Å². The fourth-order valence-corrected chi connectivity index (χ4v) is 3.70. The number of rotatable bonds is 5. The Hall–Kier alpha value is -1.30. The van der Waals surface area contributed by atoms with E-state index in [1.807, 2.05) is 4.90 Å². The summed E-state index contributed by atoms with van der Waals surface area (Å²) in [7, 11) is 0. The highest BCUT2D eigenvalue weighted by molar-refractivity contribution is 5.87. The number of nitrogens with two attached hydrogens (primary N) is 1. The number of hydrogen-bond donors (Lipinski definition) is 3. The molecule has 0 aromatic carbocycles. The average Bonchev–Trinajstić information content (AvgIpc) is 2.95. The van der Waals surface area contributed by atoms with E-state index < -0.39 is 6.03 Å². The number of piperidine rings is 1. The second kappa shape index (κ2) is 7.11. The molecule has 120 valence electrons. The highest BCUT2D eigenvalue weighted by atomic mass is 16.2. The number of hydrogen-bond acceptors (Lipinski definition) is 3. The van der Waals surface area contributed by atoms with Crippen LogP contribution in [-0.4, -0.2) is 48.6 Å². The molecule has 2 rings (SSSR count). The Morgan fingerprint density at radius 3 is 2.86 bits per heavy atom. The van der Waals surface area contributed by atoms with Crippen LogP contribution in [0, 0.1) is 5.92 Å². The van der Waals surface area contributed by atoms with Crippen molar-refractivity contribution in [1.29, 1.82) is 0 Å². The summed E-state index contributed by atoms with van der Waals surface area (Å²) in [6.07, 6.45) is 5.98. The lowest BCUT2D eigenvalue weighted by Gasteiger charge is -2.39. The first-order valence-electron chi connectivity index (χ1n) is 8.15. The summed E-state index contributed by atoms with van der Waals surface area (Å²) in [6, 6.07) is -0.488. The number of primary amides is 1. The number of carbonyl (C=O) groups excluding carboxylic acids is 2. The molecule has 2 saturated heterocycles. The van der Waals surface area contributed by atoms with E-state index in [-0.39, 0.29) is 11.4 Å². The molecule has 0 aromatic rings. The molecule has 2 fully saturated rings. The van der Waals surface area contributed by atoms with Crippen molar-refractivity contribution >= 4 is 11.9 Å². The van der Waals surface area contributed by atoms with Gasteiger partial charge in [0, 0.05) is 19.6 Å². The second-order valence-electron chi connectivity index (χ2n) is 6.37. The molecule has 2 aliphatic rings. The summed E-state index contributed by atoms with van der Waals surface area (Å²) in [5.74, 6) is 0.570. The maximum atomic E-state index is 12.9. The lowest BCUT2D eigenvalue weighted by molar-refractivity contribution is -0.140. The molecule has 2 heterocycles. The monoisotopic (exact) mass is 296 g/mol. The zero-order valence-electron chi connectivity index (χ0n) is 13.0. The van der Waals surface area contributed by atoms with Crippen LogP contribution >= 0.6 is 0 Å². The predicted octanol–water partition coefficient (Wildman–Crippen LogP) is 0.816. The molecule has 0 radical (unpaired) electrons. The van der Waals surface area contributed by atoms with Gasteiger partial charge in [-0.2, -0.15) is 0 Å². The van der Waals surface area contributed by atoms with Gasteiger partial charge in [0.25, 0.3) is 0 Å². The Morgan fingerprint density at radius 1 is 1.43 bits per heavy atom. The van der Waals surface area contributed by atoms with Crippen LogP contribution in [0.1, 0.15) is 45.4 Å². The van der Waals surface area contributed by atoms with Crippen LogP contribution < -0.4 is 16.4 Å². The van der Waals surface area contributed by atoms with Gasteiger partial charge < -0.3 is 21.3 Å². The molecule has 2 aliphatic heterocycles. The molecule has 2 unspecified atom stereocenters. The third-order valence-corrected chi connectivity index (χ3v) is 4.70. The molecule has 21 heavy (non-hydrogen) atoms. The number of likely N-dealkylation sites (tertiary alicyclic amines) is 1. The molecule has 0 saturated carbocycles. The zero-order valence-corrected chi connectivity index (χ0v) is 13.0. The lowest BCUT2D eigenvalue weighted by Crippen LogP contribution is -2.57. The van der Waals surface area contributed by atoms with E-state index in [0.717, 1.165) is 58.2 Å². The van der Waals surface area contributed by atoms with Crippen LogP contribution in [0.2, 0.25) is 0 Å². The lowest BCUT2D eigenvalue weighted by atomic mass is 9.88. The van der Waals surface area contributed by atoms with E-state index in [0.29, 0.717) is 12.5 Å². The first-order chi connectivity index (χ1) is 10.1. The van der Waals surface area contributed by atoms with Crippen molar-refractivity contribution in [3.05, 3.63) is 0 Å². The Kier molecular flexibility index (Phi) is 5.45. The van der Waals surface area contributed by atoms with Crippen LogP contribution in [0.3, 0.4) is 0 Å². The van der Waals surface area contributed by atoms with Crippen molar-refractivity contribution in [3.8, 4) is 0 Å². The van der Waals surface area contributed by atoms with E-state index in [2.05, 4.69) is 17.6 Å². The average molecular weight is 296 g/mol. The van der Waals surface area contributed by atoms with Crippen molar-refractivity contribution in [2.75, 3.05) is 26.2 Å². The van der Waals surface area contributed by atoms with Gasteiger partial charge >= 0.3 is 6.03 Å².